The second kappa shape index (κ2) is 12.3. The quantitative estimate of drug-likeness (QED) is 0.578. The molecule has 0 aromatic carbocycles. The predicted octanol–water partition coefficient (Wildman–Crippen LogP) is 3.09. The molecule has 0 aromatic rings. The summed E-state index contributed by atoms with van der Waals surface area (Å²) in [5.74, 6) is 0. The van der Waals surface area contributed by atoms with E-state index in [2.05, 4.69) is 25.4 Å². The molecule has 0 heterocycles. The lowest BCUT2D eigenvalue weighted by Gasteiger charge is -1.78. The molecule has 0 saturated carbocycles. The summed E-state index contributed by atoms with van der Waals surface area (Å²) in [6.07, 6.45) is 5.97. The van der Waals surface area contributed by atoms with Crippen molar-refractivity contribution in [3.63, 3.8) is 0 Å². The minimum atomic E-state index is 0.341. The van der Waals surface area contributed by atoms with Crippen LogP contribution in [0.15, 0.2) is 29.9 Å². The molecule has 66 valence electrons. The number of hydrogen-bond donors (Lipinski definition) is 0. The van der Waals surface area contributed by atoms with Crippen molar-refractivity contribution in [2.45, 2.75) is 27.2 Å². The lowest BCUT2D eigenvalue weighted by molar-refractivity contribution is 1.09. The van der Waals surface area contributed by atoms with E-state index in [4.69, 9.17) is 5.26 Å². The Morgan fingerprint density at radius 2 is 2.08 bits per heavy atom. The minimum Gasteiger partial charge on any atom is -0.246 e. The molecule has 12 heavy (non-hydrogen) atoms. The van der Waals surface area contributed by atoms with Gasteiger partial charge in [-0.3, -0.25) is 0 Å². The predicted molar refractivity (Wildman–Crippen MR) is 54.0 cm³/mol. The Labute approximate surface area is 74.9 Å². The molecule has 0 aromatic heterocycles. The molecule has 0 saturated heterocycles. The summed E-state index contributed by atoms with van der Waals surface area (Å²) < 4.78 is 0. The lowest BCUT2D eigenvalue weighted by Crippen LogP contribution is -1.82. The van der Waals surface area contributed by atoms with Gasteiger partial charge in [0.1, 0.15) is 11.8 Å². The molecular formula is C10H16N2. The Bertz CT molecular complexity index is 194. The summed E-state index contributed by atoms with van der Waals surface area (Å²) in [5, 5.41) is 8.27. The van der Waals surface area contributed by atoms with Gasteiger partial charge in [-0.05, 0) is 13.0 Å². The SMILES string of the molecule is C=CC(C#N)=N/C=C\C.CCC. The van der Waals surface area contributed by atoms with Crippen molar-refractivity contribution in [3.05, 3.63) is 24.9 Å². The van der Waals surface area contributed by atoms with Gasteiger partial charge >= 0.3 is 0 Å². The third kappa shape index (κ3) is 11.4. The second-order valence-electron chi connectivity index (χ2n) is 2.02. The summed E-state index contributed by atoms with van der Waals surface area (Å²) in [6, 6.07) is 1.87. The van der Waals surface area contributed by atoms with E-state index in [-0.39, 0.29) is 0 Å². The highest BCUT2D eigenvalue weighted by Crippen LogP contribution is 1.79. The van der Waals surface area contributed by atoms with Crippen molar-refractivity contribution >= 4 is 5.71 Å². The van der Waals surface area contributed by atoms with Gasteiger partial charge in [-0.15, -0.1) is 0 Å². The van der Waals surface area contributed by atoms with Crippen molar-refractivity contribution in [2.24, 2.45) is 4.99 Å². The highest BCUT2D eigenvalue weighted by atomic mass is 14.7. The maximum absolute atomic E-state index is 8.27. The van der Waals surface area contributed by atoms with Crippen LogP contribution in [-0.4, -0.2) is 5.71 Å². The fourth-order valence-corrected chi connectivity index (χ4v) is 0.282. The first kappa shape index (κ1) is 13.2. The topological polar surface area (TPSA) is 36.1 Å². The zero-order valence-corrected chi connectivity index (χ0v) is 8.04. The Balaban J connectivity index is 0. The van der Waals surface area contributed by atoms with Crippen LogP contribution in [0.2, 0.25) is 0 Å². The molecule has 2 nitrogen and oxygen atoms in total. The van der Waals surface area contributed by atoms with Gasteiger partial charge in [-0.25, -0.2) is 4.99 Å². The smallest absolute Gasteiger partial charge is 0.139 e. The van der Waals surface area contributed by atoms with E-state index in [0.29, 0.717) is 5.71 Å². The third-order valence-corrected chi connectivity index (χ3v) is 0.671. The van der Waals surface area contributed by atoms with Crippen molar-refractivity contribution in [3.8, 4) is 6.07 Å². The van der Waals surface area contributed by atoms with E-state index in [0.717, 1.165) is 0 Å². The molecule has 0 atom stereocenters. The zero-order valence-electron chi connectivity index (χ0n) is 8.04. The van der Waals surface area contributed by atoms with Crippen LogP contribution in [0.3, 0.4) is 0 Å². The highest BCUT2D eigenvalue weighted by Gasteiger charge is 1.81. The maximum Gasteiger partial charge on any atom is 0.139 e. The molecule has 0 aliphatic rings. The summed E-state index contributed by atoms with van der Waals surface area (Å²) in [4.78, 5) is 3.74. The van der Waals surface area contributed by atoms with Gasteiger partial charge in [-0.2, -0.15) is 5.26 Å². The van der Waals surface area contributed by atoms with Crippen LogP contribution in [0.4, 0.5) is 0 Å². The Morgan fingerprint density at radius 3 is 2.33 bits per heavy atom. The second-order valence-corrected chi connectivity index (χ2v) is 2.02. The van der Waals surface area contributed by atoms with Crippen LogP contribution in [-0.2, 0) is 0 Å². The molecule has 2 heteroatoms. The minimum absolute atomic E-state index is 0.341. The molecule has 0 fully saturated rings. The van der Waals surface area contributed by atoms with E-state index >= 15 is 0 Å². The van der Waals surface area contributed by atoms with Crippen LogP contribution in [0, 0.1) is 11.3 Å². The van der Waals surface area contributed by atoms with Crippen LogP contribution in [0.25, 0.3) is 0 Å². The molecule has 0 bridgehead atoms. The van der Waals surface area contributed by atoms with Gasteiger partial charge in [0.2, 0.25) is 0 Å². The molecule has 0 radical (unpaired) electrons. The fourth-order valence-electron chi connectivity index (χ4n) is 0.282. The van der Waals surface area contributed by atoms with Gasteiger partial charge in [0.05, 0.1) is 0 Å². The number of rotatable bonds is 2. The van der Waals surface area contributed by atoms with Crippen LogP contribution in [0.1, 0.15) is 27.2 Å². The molecular weight excluding hydrogens is 148 g/mol. The van der Waals surface area contributed by atoms with Crippen molar-refractivity contribution in [2.75, 3.05) is 0 Å². The van der Waals surface area contributed by atoms with E-state index in [1.807, 2.05) is 13.0 Å². The largest absolute Gasteiger partial charge is 0.246 e. The van der Waals surface area contributed by atoms with E-state index in [1.165, 1.54) is 12.5 Å². The maximum atomic E-state index is 8.27. The van der Waals surface area contributed by atoms with Crippen molar-refractivity contribution in [1.29, 1.82) is 5.26 Å². The summed E-state index contributed by atoms with van der Waals surface area (Å²) in [5.41, 5.74) is 0.341. The fraction of sp³-hybridized carbons (Fsp3) is 0.400. The van der Waals surface area contributed by atoms with E-state index in [9.17, 15) is 0 Å². The average Bonchev–Trinajstić information content (AvgIpc) is 2.08. The van der Waals surface area contributed by atoms with E-state index < -0.39 is 0 Å². The van der Waals surface area contributed by atoms with Crippen molar-refractivity contribution in [1.82, 2.24) is 0 Å². The van der Waals surface area contributed by atoms with Crippen LogP contribution >= 0.6 is 0 Å². The molecule has 0 amide bonds. The van der Waals surface area contributed by atoms with E-state index in [1.54, 1.807) is 12.3 Å². The summed E-state index contributed by atoms with van der Waals surface area (Å²) in [7, 11) is 0. The Morgan fingerprint density at radius 1 is 1.58 bits per heavy atom. The van der Waals surface area contributed by atoms with Crippen molar-refractivity contribution < 1.29 is 0 Å². The van der Waals surface area contributed by atoms with Gasteiger partial charge in [-0.1, -0.05) is 32.9 Å². The van der Waals surface area contributed by atoms with Gasteiger partial charge in [0.25, 0.3) is 0 Å². The molecule has 0 aliphatic heterocycles. The Hall–Kier alpha value is -1.36. The monoisotopic (exact) mass is 164 g/mol. The third-order valence-electron chi connectivity index (χ3n) is 0.671. The standard InChI is InChI=1S/C7H8N2.C3H8/c1-3-5-9-7(4-2)6-8;1-3-2/h3-5H,2H2,1H3;3H2,1-2H3/b5-3-,9-7?;. The first-order valence-electron chi connectivity index (χ1n) is 3.98. The van der Waals surface area contributed by atoms with Gasteiger partial charge in [0.15, 0.2) is 0 Å². The Kier molecular flexibility index (Phi) is 13.6. The summed E-state index contributed by atoms with van der Waals surface area (Å²) in [6.45, 7) is 9.48. The normalized spacial score (nSPS) is 10.0. The number of allylic oxidation sites excluding steroid dienone is 2. The number of hydrogen-bond acceptors (Lipinski definition) is 2. The highest BCUT2D eigenvalue weighted by molar-refractivity contribution is 6.07. The molecule has 0 unspecified atom stereocenters. The molecule has 0 rings (SSSR count). The van der Waals surface area contributed by atoms with Crippen LogP contribution < -0.4 is 0 Å². The number of nitrogens with zero attached hydrogens (tertiary/aromatic N) is 2. The molecule has 0 spiro atoms. The number of nitriles is 1. The number of aliphatic imine (C=N–C) groups is 1. The average molecular weight is 164 g/mol. The zero-order chi connectivity index (χ0) is 9.82. The van der Waals surface area contributed by atoms with Gasteiger partial charge in [0, 0.05) is 6.20 Å². The lowest BCUT2D eigenvalue weighted by atomic mass is 10.4. The van der Waals surface area contributed by atoms with Crippen LogP contribution in [0.5, 0.6) is 0 Å². The molecule has 0 N–H and O–H groups in total. The summed E-state index contributed by atoms with van der Waals surface area (Å²) >= 11 is 0. The first-order chi connectivity index (χ1) is 5.76. The van der Waals surface area contributed by atoms with Gasteiger partial charge < -0.3 is 0 Å². The molecule has 0 aliphatic carbocycles. The first-order valence-corrected chi connectivity index (χ1v) is 3.98.